The minimum atomic E-state index is -1.04. The molecular formula is C6H11NO3. The molecule has 3 N–H and O–H groups in total. The fraction of sp³-hybridized carbons (Fsp3) is 0.833. The topological polar surface area (TPSA) is 69.6 Å². The molecule has 0 aromatic heterocycles. The van der Waals surface area contributed by atoms with Gasteiger partial charge in [0.2, 0.25) is 0 Å². The lowest BCUT2D eigenvalue weighted by molar-refractivity contribution is -0.145. The lowest BCUT2D eigenvalue weighted by Gasteiger charge is -2.20. The third-order valence-corrected chi connectivity index (χ3v) is 1.92. The molecule has 0 spiro atoms. The normalized spacial score (nSPS) is 32.5. The smallest absolute Gasteiger partial charge is 0.326 e. The summed E-state index contributed by atoms with van der Waals surface area (Å²) < 4.78 is 0. The van der Waals surface area contributed by atoms with Gasteiger partial charge < -0.3 is 10.2 Å². The van der Waals surface area contributed by atoms with Crippen LogP contribution in [0.2, 0.25) is 0 Å². The molecule has 1 heterocycles. The highest BCUT2D eigenvalue weighted by molar-refractivity contribution is 5.79. The maximum atomic E-state index is 10.5. The first-order valence-corrected chi connectivity index (χ1v) is 3.30. The molecule has 0 amide bonds. The number of carboxylic acids is 1. The van der Waals surface area contributed by atoms with Gasteiger partial charge in [0.25, 0.3) is 0 Å². The van der Waals surface area contributed by atoms with E-state index in [0.29, 0.717) is 13.0 Å². The first kappa shape index (κ1) is 7.50. The number of aliphatic hydroxyl groups excluding tert-OH is 1. The molecule has 10 heavy (non-hydrogen) atoms. The van der Waals surface area contributed by atoms with Gasteiger partial charge in [0.1, 0.15) is 5.54 Å². The van der Waals surface area contributed by atoms with Gasteiger partial charge in [0, 0.05) is 0 Å². The van der Waals surface area contributed by atoms with Gasteiger partial charge in [-0.3, -0.25) is 10.1 Å². The summed E-state index contributed by atoms with van der Waals surface area (Å²) in [6.07, 6.45) is 1.35. The number of carbonyl (C=O) groups is 1. The summed E-state index contributed by atoms with van der Waals surface area (Å²) in [4.78, 5) is 10.5. The first-order chi connectivity index (χ1) is 4.71. The Morgan fingerprint density at radius 3 is 2.60 bits per heavy atom. The van der Waals surface area contributed by atoms with Crippen molar-refractivity contribution in [2.24, 2.45) is 0 Å². The fourth-order valence-corrected chi connectivity index (χ4v) is 1.19. The van der Waals surface area contributed by atoms with E-state index in [0.717, 1.165) is 6.42 Å². The summed E-state index contributed by atoms with van der Waals surface area (Å²) in [7, 11) is 0. The quantitative estimate of drug-likeness (QED) is 0.475. The highest BCUT2D eigenvalue weighted by Gasteiger charge is 2.40. The Hall–Kier alpha value is -0.610. The Balaban J connectivity index is 2.67. The summed E-state index contributed by atoms with van der Waals surface area (Å²) in [5.41, 5.74) is -1.04. The fourth-order valence-electron chi connectivity index (χ4n) is 1.19. The van der Waals surface area contributed by atoms with Gasteiger partial charge in [-0.15, -0.1) is 0 Å². The minimum absolute atomic E-state index is 0.317. The van der Waals surface area contributed by atoms with Crippen LogP contribution in [0.1, 0.15) is 12.8 Å². The van der Waals surface area contributed by atoms with E-state index in [1.165, 1.54) is 0 Å². The Bertz CT molecular complexity index is 140. The van der Waals surface area contributed by atoms with Gasteiger partial charge in [-0.05, 0) is 19.4 Å². The molecule has 1 rings (SSSR count). The Morgan fingerprint density at radius 2 is 2.40 bits per heavy atom. The second-order valence-electron chi connectivity index (χ2n) is 2.58. The summed E-state index contributed by atoms with van der Waals surface area (Å²) >= 11 is 0. The number of hydrogen-bond acceptors (Lipinski definition) is 3. The molecule has 1 saturated heterocycles. The zero-order chi connectivity index (χ0) is 7.61. The second kappa shape index (κ2) is 2.56. The van der Waals surface area contributed by atoms with Gasteiger partial charge in [-0.1, -0.05) is 0 Å². The van der Waals surface area contributed by atoms with E-state index in [4.69, 9.17) is 10.2 Å². The molecule has 1 aliphatic heterocycles. The predicted molar refractivity (Wildman–Crippen MR) is 34.7 cm³/mol. The van der Waals surface area contributed by atoms with Crippen LogP contribution >= 0.6 is 0 Å². The van der Waals surface area contributed by atoms with Crippen LogP contribution in [-0.2, 0) is 4.79 Å². The molecule has 0 aromatic rings. The number of aliphatic hydroxyl groups is 1. The summed E-state index contributed by atoms with van der Waals surface area (Å²) in [6, 6.07) is 0. The molecule has 0 aliphatic carbocycles. The van der Waals surface area contributed by atoms with Crippen molar-refractivity contribution in [3.63, 3.8) is 0 Å². The zero-order valence-electron chi connectivity index (χ0n) is 5.63. The Labute approximate surface area is 58.9 Å². The van der Waals surface area contributed by atoms with Crippen molar-refractivity contribution in [3.8, 4) is 0 Å². The highest BCUT2D eigenvalue weighted by atomic mass is 16.4. The molecular weight excluding hydrogens is 134 g/mol. The molecule has 58 valence electrons. The van der Waals surface area contributed by atoms with E-state index in [9.17, 15) is 4.79 Å². The SMILES string of the molecule is O=C(O)[C@]1(CO)CCCN1. The molecule has 0 saturated carbocycles. The van der Waals surface area contributed by atoms with Crippen molar-refractivity contribution in [2.75, 3.05) is 13.2 Å². The Morgan fingerprint density at radius 1 is 1.70 bits per heavy atom. The molecule has 4 nitrogen and oxygen atoms in total. The average Bonchev–Trinajstić information content (AvgIpc) is 2.35. The molecule has 0 aromatic carbocycles. The largest absolute Gasteiger partial charge is 0.480 e. The van der Waals surface area contributed by atoms with E-state index in [-0.39, 0.29) is 6.61 Å². The van der Waals surface area contributed by atoms with Gasteiger partial charge in [0.05, 0.1) is 6.61 Å². The lowest BCUT2D eigenvalue weighted by Crippen LogP contribution is -2.50. The molecule has 0 unspecified atom stereocenters. The average molecular weight is 145 g/mol. The van der Waals surface area contributed by atoms with Gasteiger partial charge in [-0.2, -0.15) is 0 Å². The molecule has 1 aliphatic rings. The maximum Gasteiger partial charge on any atom is 0.326 e. The van der Waals surface area contributed by atoms with E-state index in [2.05, 4.69) is 5.32 Å². The van der Waals surface area contributed by atoms with Crippen LogP contribution in [0.25, 0.3) is 0 Å². The maximum absolute atomic E-state index is 10.5. The molecule has 1 fully saturated rings. The van der Waals surface area contributed by atoms with Crippen molar-refractivity contribution in [2.45, 2.75) is 18.4 Å². The van der Waals surface area contributed by atoms with Gasteiger partial charge >= 0.3 is 5.97 Å². The van der Waals surface area contributed by atoms with Gasteiger partial charge in [0.15, 0.2) is 0 Å². The molecule has 0 radical (unpaired) electrons. The third-order valence-electron chi connectivity index (χ3n) is 1.92. The van der Waals surface area contributed by atoms with Crippen LogP contribution in [0.4, 0.5) is 0 Å². The van der Waals surface area contributed by atoms with Crippen LogP contribution in [-0.4, -0.2) is 34.9 Å². The van der Waals surface area contributed by atoms with E-state index in [1.807, 2.05) is 0 Å². The van der Waals surface area contributed by atoms with Crippen molar-refractivity contribution in [3.05, 3.63) is 0 Å². The number of aliphatic carboxylic acids is 1. The predicted octanol–water partition coefficient (Wildman–Crippen LogP) is -0.815. The lowest BCUT2D eigenvalue weighted by atomic mass is 9.99. The van der Waals surface area contributed by atoms with Gasteiger partial charge in [-0.25, -0.2) is 0 Å². The van der Waals surface area contributed by atoms with Crippen molar-refractivity contribution < 1.29 is 15.0 Å². The number of rotatable bonds is 2. The second-order valence-corrected chi connectivity index (χ2v) is 2.58. The minimum Gasteiger partial charge on any atom is -0.480 e. The van der Waals surface area contributed by atoms with Crippen LogP contribution in [0, 0.1) is 0 Å². The molecule has 0 bridgehead atoms. The summed E-state index contributed by atoms with van der Waals surface area (Å²) in [6.45, 7) is 0.370. The summed E-state index contributed by atoms with van der Waals surface area (Å²) in [5.74, 6) is -0.951. The first-order valence-electron chi connectivity index (χ1n) is 3.30. The van der Waals surface area contributed by atoms with Crippen molar-refractivity contribution >= 4 is 5.97 Å². The van der Waals surface area contributed by atoms with Crippen LogP contribution in [0.3, 0.4) is 0 Å². The summed E-state index contributed by atoms with van der Waals surface area (Å²) in [5, 5.41) is 20.2. The molecule has 1 atom stereocenters. The number of hydrogen-bond donors (Lipinski definition) is 3. The zero-order valence-corrected chi connectivity index (χ0v) is 5.63. The monoisotopic (exact) mass is 145 g/mol. The van der Waals surface area contributed by atoms with Crippen LogP contribution in [0.15, 0.2) is 0 Å². The van der Waals surface area contributed by atoms with E-state index < -0.39 is 11.5 Å². The standard InChI is InChI=1S/C6H11NO3/c8-4-6(5(9)10)2-1-3-7-6/h7-8H,1-4H2,(H,9,10)/t6-/m1/s1. The van der Waals surface area contributed by atoms with E-state index in [1.54, 1.807) is 0 Å². The van der Waals surface area contributed by atoms with Crippen molar-refractivity contribution in [1.82, 2.24) is 5.32 Å². The van der Waals surface area contributed by atoms with E-state index >= 15 is 0 Å². The number of carboxylic acid groups (broad SMARTS) is 1. The number of nitrogens with one attached hydrogen (secondary N) is 1. The highest BCUT2D eigenvalue weighted by Crippen LogP contribution is 2.18. The van der Waals surface area contributed by atoms with Crippen molar-refractivity contribution in [1.29, 1.82) is 0 Å². The Kier molecular flexibility index (Phi) is 1.92. The van der Waals surface area contributed by atoms with Crippen LogP contribution in [0.5, 0.6) is 0 Å². The third kappa shape index (κ3) is 0.998. The van der Waals surface area contributed by atoms with Crippen LogP contribution < -0.4 is 5.32 Å². The molecule has 4 heteroatoms.